The van der Waals surface area contributed by atoms with E-state index >= 15 is 0 Å². The lowest BCUT2D eigenvalue weighted by Crippen LogP contribution is -1.83. The van der Waals surface area contributed by atoms with Crippen molar-refractivity contribution < 1.29 is 4.52 Å². The molecule has 2 rings (SSSR count). The molecule has 2 aromatic rings. The number of halogens is 1. The number of benzene rings is 1. The van der Waals surface area contributed by atoms with Crippen LogP contribution in [0.25, 0.3) is 16.8 Å². The van der Waals surface area contributed by atoms with E-state index in [0.717, 1.165) is 16.7 Å². The topological polar surface area (TPSA) is 52.0 Å². The molecule has 0 bridgehead atoms. The van der Waals surface area contributed by atoms with E-state index in [0.29, 0.717) is 10.7 Å². The highest BCUT2D eigenvalue weighted by atomic mass is 35.5. The monoisotopic (exact) mass is 234 g/mol. The molecule has 1 aromatic carbocycles. The van der Waals surface area contributed by atoms with Crippen LogP contribution in [0.4, 0.5) is 5.88 Å². The molecule has 0 saturated heterocycles. The molecule has 2 N–H and O–H groups in total. The number of hydrogen-bond acceptors (Lipinski definition) is 3. The van der Waals surface area contributed by atoms with E-state index in [1.807, 2.05) is 25.1 Å². The first-order valence-corrected chi connectivity index (χ1v) is 5.13. The maximum absolute atomic E-state index is 6.02. The first-order chi connectivity index (χ1) is 7.56. The summed E-state index contributed by atoms with van der Waals surface area (Å²) in [5.41, 5.74) is 8.93. The van der Waals surface area contributed by atoms with Crippen molar-refractivity contribution in [1.29, 1.82) is 0 Å². The van der Waals surface area contributed by atoms with Crippen LogP contribution in [0.5, 0.6) is 0 Å². The van der Waals surface area contributed by atoms with Crippen LogP contribution in [0.15, 0.2) is 35.4 Å². The summed E-state index contributed by atoms with van der Waals surface area (Å²) in [6.45, 7) is 5.80. The third-order valence-corrected chi connectivity index (χ3v) is 2.43. The van der Waals surface area contributed by atoms with E-state index in [1.165, 1.54) is 0 Å². The maximum atomic E-state index is 6.02. The van der Waals surface area contributed by atoms with Crippen molar-refractivity contribution in [3.8, 4) is 11.3 Å². The Morgan fingerprint density at radius 3 is 2.69 bits per heavy atom. The van der Waals surface area contributed by atoms with Crippen LogP contribution in [0.3, 0.4) is 0 Å². The smallest absolute Gasteiger partial charge is 0.222 e. The Morgan fingerprint density at radius 1 is 1.38 bits per heavy atom. The van der Waals surface area contributed by atoms with Gasteiger partial charge < -0.3 is 10.3 Å². The van der Waals surface area contributed by atoms with E-state index < -0.39 is 0 Å². The Labute approximate surface area is 98.5 Å². The molecule has 0 radical (unpaired) electrons. The fraction of sp³-hybridized carbons (Fsp3) is 0.0833. The lowest BCUT2D eigenvalue weighted by molar-refractivity contribution is 0.439. The third-order valence-electron chi connectivity index (χ3n) is 2.21. The minimum Gasteiger partial charge on any atom is -0.368 e. The molecule has 16 heavy (non-hydrogen) atoms. The fourth-order valence-electron chi connectivity index (χ4n) is 1.41. The lowest BCUT2D eigenvalue weighted by atomic mass is 10.0. The zero-order chi connectivity index (χ0) is 11.7. The van der Waals surface area contributed by atoms with E-state index in [2.05, 4.69) is 11.7 Å². The molecular formula is C12H11ClN2O. The number of anilines is 1. The average molecular weight is 235 g/mol. The van der Waals surface area contributed by atoms with Gasteiger partial charge in [-0.2, -0.15) is 0 Å². The Morgan fingerprint density at radius 2 is 2.12 bits per heavy atom. The Balaban J connectivity index is 2.53. The Hall–Kier alpha value is -1.74. The number of hydrogen-bond donors (Lipinski definition) is 1. The van der Waals surface area contributed by atoms with E-state index in [9.17, 15) is 0 Å². The minimum absolute atomic E-state index is 0.284. The summed E-state index contributed by atoms with van der Waals surface area (Å²) in [7, 11) is 0. The van der Waals surface area contributed by atoms with Crippen LogP contribution in [-0.2, 0) is 0 Å². The Bertz CT molecular complexity index is 546. The molecule has 0 aliphatic carbocycles. The average Bonchev–Trinajstić information content (AvgIpc) is 2.64. The molecule has 3 nitrogen and oxygen atoms in total. The first kappa shape index (κ1) is 10.8. The summed E-state index contributed by atoms with van der Waals surface area (Å²) in [5, 5.41) is 4.48. The van der Waals surface area contributed by atoms with Crippen LogP contribution >= 0.6 is 11.6 Å². The second-order valence-corrected chi connectivity index (χ2v) is 4.06. The molecule has 82 valence electrons. The first-order valence-electron chi connectivity index (χ1n) is 4.75. The Kier molecular flexibility index (Phi) is 2.71. The molecular weight excluding hydrogens is 224 g/mol. The summed E-state index contributed by atoms with van der Waals surface area (Å²) in [6, 6.07) is 7.28. The van der Waals surface area contributed by atoms with Crippen molar-refractivity contribution in [2.75, 3.05) is 5.73 Å². The van der Waals surface area contributed by atoms with Gasteiger partial charge >= 0.3 is 0 Å². The van der Waals surface area contributed by atoms with E-state index in [4.69, 9.17) is 21.9 Å². The summed E-state index contributed by atoms with van der Waals surface area (Å²) in [4.78, 5) is 0. The quantitative estimate of drug-likeness (QED) is 0.864. The molecule has 0 spiro atoms. The fourth-order valence-corrected chi connectivity index (χ4v) is 1.64. The van der Waals surface area contributed by atoms with Gasteiger partial charge in [0.15, 0.2) is 0 Å². The predicted octanol–water partition coefficient (Wildman–Crippen LogP) is 3.61. The zero-order valence-corrected chi connectivity index (χ0v) is 9.58. The molecule has 4 heteroatoms. The van der Waals surface area contributed by atoms with Gasteiger partial charge in [0, 0.05) is 16.7 Å². The summed E-state index contributed by atoms with van der Waals surface area (Å²) >= 11 is 6.02. The van der Waals surface area contributed by atoms with Crippen LogP contribution < -0.4 is 5.73 Å². The maximum Gasteiger partial charge on any atom is 0.222 e. The van der Waals surface area contributed by atoms with Gasteiger partial charge in [-0.1, -0.05) is 28.9 Å². The van der Waals surface area contributed by atoms with Gasteiger partial charge in [-0.05, 0) is 30.7 Å². The number of nitrogens with two attached hydrogens (primary N) is 1. The molecule has 0 saturated carbocycles. The number of aromatic nitrogens is 1. The van der Waals surface area contributed by atoms with Crippen molar-refractivity contribution in [2.45, 2.75) is 6.92 Å². The number of allylic oxidation sites excluding steroid dienone is 1. The van der Waals surface area contributed by atoms with Crippen molar-refractivity contribution in [3.63, 3.8) is 0 Å². The number of nitrogens with zero attached hydrogens (tertiary/aromatic N) is 1. The molecule has 1 heterocycles. The standard InChI is InChI=1S/C12H11ClN2O/c1-7(2)8-3-9(5-10(13)4-8)11-6-12(14)16-15-11/h3-6H,1,14H2,2H3. The third kappa shape index (κ3) is 2.09. The molecule has 0 atom stereocenters. The normalized spacial score (nSPS) is 10.4. The number of rotatable bonds is 2. The van der Waals surface area contributed by atoms with Gasteiger partial charge in [0.1, 0.15) is 5.69 Å². The van der Waals surface area contributed by atoms with Gasteiger partial charge in [0.25, 0.3) is 0 Å². The van der Waals surface area contributed by atoms with Gasteiger partial charge in [-0.15, -0.1) is 0 Å². The predicted molar refractivity (Wildman–Crippen MR) is 66.1 cm³/mol. The summed E-state index contributed by atoms with van der Waals surface area (Å²) in [5.74, 6) is 0.284. The highest BCUT2D eigenvalue weighted by molar-refractivity contribution is 6.31. The minimum atomic E-state index is 0.284. The molecule has 0 unspecified atom stereocenters. The van der Waals surface area contributed by atoms with Gasteiger partial charge in [-0.3, -0.25) is 0 Å². The SMILES string of the molecule is C=C(C)c1cc(Cl)cc(-c2cc(N)on2)c1. The van der Waals surface area contributed by atoms with Crippen LogP contribution in [0, 0.1) is 0 Å². The van der Waals surface area contributed by atoms with Crippen LogP contribution in [0.1, 0.15) is 12.5 Å². The largest absolute Gasteiger partial charge is 0.368 e. The van der Waals surface area contributed by atoms with Gasteiger partial charge in [-0.25, -0.2) is 0 Å². The van der Waals surface area contributed by atoms with Crippen LogP contribution in [-0.4, -0.2) is 5.16 Å². The highest BCUT2D eigenvalue weighted by Gasteiger charge is 2.07. The van der Waals surface area contributed by atoms with E-state index in [-0.39, 0.29) is 5.88 Å². The van der Waals surface area contributed by atoms with Gasteiger partial charge in [0.2, 0.25) is 5.88 Å². The van der Waals surface area contributed by atoms with E-state index in [1.54, 1.807) is 6.07 Å². The highest BCUT2D eigenvalue weighted by Crippen LogP contribution is 2.27. The van der Waals surface area contributed by atoms with Crippen molar-refractivity contribution in [2.24, 2.45) is 0 Å². The van der Waals surface area contributed by atoms with Crippen molar-refractivity contribution in [3.05, 3.63) is 41.4 Å². The molecule has 1 aromatic heterocycles. The van der Waals surface area contributed by atoms with Crippen molar-refractivity contribution in [1.82, 2.24) is 5.16 Å². The van der Waals surface area contributed by atoms with Gasteiger partial charge in [0.05, 0.1) is 0 Å². The molecule has 0 fully saturated rings. The summed E-state index contributed by atoms with van der Waals surface area (Å²) < 4.78 is 4.82. The molecule has 0 aliphatic heterocycles. The zero-order valence-electron chi connectivity index (χ0n) is 8.83. The lowest BCUT2D eigenvalue weighted by Gasteiger charge is -2.03. The second-order valence-electron chi connectivity index (χ2n) is 3.62. The van der Waals surface area contributed by atoms with Crippen molar-refractivity contribution >= 4 is 23.1 Å². The molecule has 0 amide bonds. The number of nitrogen functional groups attached to an aromatic ring is 1. The summed E-state index contributed by atoms with van der Waals surface area (Å²) in [6.07, 6.45) is 0. The van der Waals surface area contributed by atoms with Crippen LogP contribution in [0.2, 0.25) is 5.02 Å². The molecule has 0 aliphatic rings. The second kappa shape index (κ2) is 4.02.